The number of ether oxygens (including phenoxy) is 1. The first kappa shape index (κ1) is 13.1. The minimum absolute atomic E-state index is 0.504. The molecule has 1 aliphatic rings. The molecule has 98 valence electrons. The van der Waals surface area contributed by atoms with E-state index < -0.39 is 0 Å². The van der Waals surface area contributed by atoms with E-state index in [1.165, 1.54) is 16.0 Å². The highest BCUT2D eigenvalue weighted by atomic mass is 79.9. The highest BCUT2D eigenvalue weighted by Crippen LogP contribution is 2.39. The predicted molar refractivity (Wildman–Crippen MR) is 84.3 cm³/mol. The third-order valence-corrected chi connectivity index (χ3v) is 5.12. The lowest BCUT2D eigenvalue weighted by Gasteiger charge is -2.14. The maximum Gasteiger partial charge on any atom is 0.122 e. The highest BCUT2D eigenvalue weighted by molar-refractivity contribution is 9.10. The van der Waals surface area contributed by atoms with Gasteiger partial charge in [0.25, 0.3) is 0 Å². The summed E-state index contributed by atoms with van der Waals surface area (Å²) in [6.07, 6.45) is 0. The smallest absolute Gasteiger partial charge is 0.122 e. The fourth-order valence-electron chi connectivity index (χ4n) is 2.33. The van der Waals surface area contributed by atoms with Crippen LogP contribution in [-0.4, -0.2) is 12.4 Å². The molecule has 2 aromatic carbocycles. The van der Waals surface area contributed by atoms with Crippen molar-refractivity contribution in [3.8, 4) is 5.75 Å². The summed E-state index contributed by atoms with van der Waals surface area (Å²) in [6, 6.07) is 14.8. The third-order valence-electron chi connectivity index (χ3n) is 3.38. The summed E-state index contributed by atoms with van der Waals surface area (Å²) in [4.78, 5) is 1.41. The van der Waals surface area contributed by atoms with Crippen LogP contribution in [0.5, 0.6) is 5.75 Å². The van der Waals surface area contributed by atoms with E-state index in [4.69, 9.17) is 4.74 Å². The Balaban J connectivity index is 1.71. The van der Waals surface area contributed by atoms with Crippen molar-refractivity contribution in [1.29, 1.82) is 0 Å². The van der Waals surface area contributed by atoms with Crippen LogP contribution < -0.4 is 4.74 Å². The summed E-state index contributed by atoms with van der Waals surface area (Å²) >= 11 is 5.41. The normalized spacial score (nSPS) is 17.3. The third kappa shape index (κ3) is 2.82. The number of hydrogen-bond acceptors (Lipinski definition) is 2. The number of aryl methyl sites for hydroxylation is 1. The lowest BCUT2D eigenvalue weighted by Crippen LogP contribution is -2.10. The van der Waals surface area contributed by atoms with E-state index in [0.29, 0.717) is 5.92 Å². The van der Waals surface area contributed by atoms with Crippen LogP contribution in [0.3, 0.4) is 0 Å². The van der Waals surface area contributed by atoms with E-state index in [0.717, 1.165) is 22.6 Å². The first-order chi connectivity index (χ1) is 9.24. The van der Waals surface area contributed by atoms with Crippen molar-refractivity contribution in [2.24, 2.45) is 0 Å². The molecular formula is C16H15BrOS. The van der Waals surface area contributed by atoms with Crippen molar-refractivity contribution in [2.75, 3.05) is 12.4 Å². The second kappa shape index (κ2) is 5.59. The standard InChI is InChI=1S/C16H15BrOS/c1-11-8-13(17)6-7-15(11)18-9-12-10-19-16-5-3-2-4-14(12)16/h2-8,12H,9-10H2,1H3. The zero-order chi connectivity index (χ0) is 13.2. The zero-order valence-electron chi connectivity index (χ0n) is 10.7. The van der Waals surface area contributed by atoms with Crippen LogP contribution in [0.25, 0.3) is 0 Å². The van der Waals surface area contributed by atoms with Crippen LogP contribution in [0, 0.1) is 6.92 Å². The van der Waals surface area contributed by atoms with Crippen molar-refractivity contribution in [2.45, 2.75) is 17.7 Å². The molecule has 19 heavy (non-hydrogen) atoms. The molecule has 0 bridgehead atoms. The summed E-state index contributed by atoms with van der Waals surface area (Å²) in [5, 5.41) is 0. The van der Waals surface area contributed by atoms with Gasteiger partial charge >= 0.3 is 0 Å². The molecule has 0 spiro atoms. The average Bonchev–Trinajstić information content (AvgIpc) is 2.81. The Labute approximate surface area is 126 Å². The second-order valence-corrected chi connectivity index (χ2v) is 6.74. The Hall–Kier alpha value is -0.930. The van der Waals surface area contributed by atoms with Crippen LogP contribution in [0.2, 0.25) is 0 Å². The first-order valence-electron chi connectivity index (χ1n) is 6.35. The molecular weight excluding hydrogens is 320 g/mol. The topological polar surface area (TPSA) is 9.23 Å². The van der Waals surface area contributed by atoms with Crippen LogP contribution >= 0.6 is 27.7 Å². The molecule has 1 unspecified atom stereocenters. The van der Waals surface area contributed by atoms with E-state index in [9.17, 15) is 0 Å². The Morgan fingerprint density at radius 1 is 1.26 bits per heavy atom. The Morgan fingerprint density at radius 3 is 2.95 bits per heavy atom. The van der Waals surface area contributed by atoms with Gasteiger partial charge in [0, 0.05) is 21.0 Å². The molecule has 1 heterocycles. The molecule has 0 aliphatic carbocycles. The number of benzene rings is 2. The van der Waals surface area contributed by atoms with Crippen LogP contribution in [0.4, 0.5) is 0 Å². The fourth-order valence-corrected chi connectivity index (χ4v) is 4.04. The van der Waals surface area contributed by atoms with Gasteiger partial charge in [0.1, 0.15) is 5.75 Å². The summed E-state index contributed by atoms with van der Waals surface area (Å²) in [5.74, 6) is 2.61. The molecule has 1 atom stereocenters. The minimum Gasteiger partial charge on any atom is -0.493 e. The second-order valence-electron chi connectivity index (χ2n) is 4.77. The summed E-state index contributed by atoms with van der Waals surface area (Å²) in [5.41, 5.74) is 2.61. The molecule has 0 radical (unpaired) electrons. The summed E-state index contributed by atoms with van der Waals surface area (Å²) in [7, 11) is 0. The Bertz CT molecular complexity index is 597. The largest absolute Gasteiger partial charge is 0.493 e. The van der Waals surface area contributed by atoms with E-state index in [1.54, 1.807) is 0 Å². The summed E-state index contributed by atoms with van der Waals surface area (Å²) in [6.45, 7) is 2.84. The van der Waals surface area contributed by atoms with Crippen molar-refractivity contribution < 1.29 is 4.74 Å². The Morgan fingerprint density at radius 2 is 2.11 bits per heavy atom. The van der Waals surface area contributed by atoms with Crippen molar-refractivity contribution in [3.63, 3.8) is 0 Å². The molecule has 3 rings (SSSR count). The van der Waals surface area contributed by atoms with Crippen LogP contribution in [-0.2, 0) is 0 Å². The monoisotopic (exact) mass is 334 g/mol. The Kier molecular flexibility index (Phi) is 3.85. The van der Waals surface area contributed by atoms with Gasteiger partial charge in [-0.05, 0) is 42.3 Å². The lowest BCUT2D eigenvalue weighted by molar-refractivity contribution is 0.296. The molecule has 3 heteroatoms. The predicted octanol–water partition coefficient (Wildman–Crippen LogP) is 5.03. The molecule has 0 aromatic heterocycles. The number of rotatable bonds is 3. The minimum atomic E-state index is 0.504. The number of thioether (sulfide) groups is 1. The van der Waals surface area contributed by atoms with Gasteiger partial charge < -0.3 is 4.74 Å². The van der Waals surface area contributed by atoms with Crippen LogP contribution in [0.1, 0.15) is 17.0 Å². The quantitative estimate of drug-likeness (QED) is 0.778. The molecule has 2 aromatic rings. The van der Waals surface area contributed by atoms with E-state index in [2.05, 4.69) is 53.2 Å². The number of fused-ring (bicyclic) bond motifs is 1. The highest BCUT2D eigenvalue weighted by Gasteiger charge is 2.23. The van der Waals surface area contributed by atoms with Crippen molar-refractivity contribution in [1.82, 2.24) is 0 Å². The lowest BCUT2D eigenvalue weighted by atomic mass is 10.0. The van der Waals surface area contributed by atoms with E-state index in [1.807, 2.05) is 23.9 Å². The van der Waals surface area contributed by atoms with Gasteiger partial charge in [0.05, 0.1) is 6.61 Å². The zero-order valence-corrected chi connectivity index (χ0v) is 13.1. The fraction of sp³-hybridized carbons (Fsp3) is 0.250. The molecule has 0 saturated carbocycles. The molecule has 0 N–H and O–H groups in total. The molecule has 1 nitrogen and oxygen atoms in total. The first-order valence-corrected chi connectivity index (χ1v) is 8.12. The number of halogens is 1. The molecule has 0 fully saturated rings. The van der Waals surface area contributed by atoms with Gasteiger partial charge in [-0.15, -0.1) is 11.8 Å². The van der Waals surface area contributed by atoms with Gasteiger partial charge in [-0.3, -0.25) is 0 Å². The van der Waals surface area contributed by atoms with Gasteiger partial charge in [-0.25, -0.2) is 0 Å². The average molecular weight is 335 g/mol. The number of hydrogen-bond donors (Lipinski definition) is 0. The van der Waals surface area contributed by atoms with Gasteiger partial charge in [0.2, 0.25) is 0 Å². The van der Waals surface area contributed by atoms with Crippen molar-refractivity contribution >= 4 is 27.7 Å². The van der Waals surface area contributed by atoms with Crippen LogP contribution in [0.15, 0.2) is 51.8 Å². The maximum absolute atomic E-state index is 6.00. The van der Waals surface area contributed by atoms with Crippen molar-refractivity contribution in [3.05, 3.63) is 58.1 Å². The van der Waals surface area contributed by atoms with Gasteiger partial charge in [0.15, 0.2) is 0 Å². The summed E-state index contributed by atoms with van der Waals surface area (Å²) < 4.78 is 7.09. The van der Waals surface area contributed by atoms with Gasteiger partial charge in [-0.2, -0.15) is 0 Å². The molecule has 0 amide bonds. The molecule has 1 aliphatic heterocycles. The SMILES string of the molecule is Cc1cc(Br)ccc1OCC1CSc2ccccc21. The van der Waals surface area contributed by atoms with E-state index in [-0.39, 0.29) is 0 Å². The molecule has 0 saturated heterocycles. The maximum atomic E-state index is 6.00. The van der Waals surface area contributed by atoms with E-state index >= 15 is 0 Å². The van der Waals surface area contributed by atoms with Gasteiger partial charge in [-0.1, -0.05) is 34.1 Å².